The molecular formula is C29H50O4. The predicted molar refractivity (Wildman–Crippen MR) is 133 cm³/mol. The predicted octanol–water partition coefficient (Wildman–Crippen LogP) is 5.35. The van der Waals surface area contributed by atoms with Crippen molar-refractivity contribution in [2.75, 3.05) is 13.7 Å². The Kier molecular flexibility index (Phi) is 7.17. The maximum atomic E-state index is 11.5. The van der Waals surface area contributed by atoms with E-state index in [1.807, 2.05) is 0 Å². The van der Waals surface area contributed by atoms with Crippen LogP contribution < -0.4 is 0 Å². The van der Waals surface area contributed by atoms with E-state index in [2.05, 4.69) is 34.3 Å². The number of allylic oxidation sites excluding steroid dienone is 1. The van der Waals surface area contributed by atoms with Gasteiger partial charge in [-0.15, -0.1) is 0 Å². The smallest absolute Gasteiger partial charge is 0.104 e. The molecule has 0 aromatic heterocycles. The van der Waals surface area contributed by atoms with Crippen LogP contribution in [0.1, 0.15) is 91.9 Å². The van der Waals surface area contributed by atoms with Gasteiger partial charge in [0.2, 0.25) is 0 Å². The van der Waals surface area contributed by atoms with Gasteiger partial charge in [-0.3, -0.25) is 0 Å². The molecule has 0 spiro atoms. The molecule has 4 rings (SSSR count). The van der Waals surface area contributed by atoms with Crippen LogP contribution in [0.2, 0.25) is 0 Å². The highest BCUT2D eigenvalue weighted by Crippen LogP contribution is 2.69. The van der Waals surface area contributed by atoms with Crippen LogP contribution in [0.15, 0.2) is 12.2 Å². The summed E-state index contributed by atoms with van der Waals surface area (Å²) in [6, 6.07) is 0. The lowest BCUT2D eigenvalue weighted by Gasteiger charge is -2.67. The first-order valence-corrected chi connectivity index (χ1v) is 13.8. The lowest BCUT2D eigenvalue weighted by atomic mass is 9.42. The summed E-state index contributed by atoms with van der Waals surface area (Å²) < 4.78 is 6.10. The Balaban J connectivity index is 1.58. The zero-order valence-corrected chi connectivity index (χ0v) is 21.9. The molecule has 0 saturated heterocycles. The first-order valence-electron chi connectivity index (χ1n) is 13.8. The summed E-state index contributed by atoms with van der Waals surface area (Å²) >= 11 is 0. The number of aliphatic hydroxyl groups is 3. The van der Waals surface area contributed by atoms with Crippen LogP contribution in [0.25, 0.3) is 0 Å². The third-order valence-corrected chi connectivity index (χ3v) is 11.6. The fraction of sp³-hybridized carbons (Fsp3) is 0.931. The molecule has 4 saturated carbocycles. The number of fused-ring (bicyclic) bond motifs is 5. The van der Waals surface area contributed by atoms with E-state index >= 15 is 0 Å². The summed E-state index contributed by atoms with van der Waals surface area (Å²) in [6.07, 6.45) is 8.76. The summed E-state index contributed by atoms with van der Waals surface area (Å²) in [7, 11) is 1.68. The van der Waals surface area contributed by atoms with Gasteiger partial charge in [-0.25, -0.2) is 0 Å². The summed E-state index contributed by atoms with van der Waals surface area (Å²) in [4.78, 5) is 0. The molecule has 0 amide bonds. The Morgan fingerprint density at radius 2 is 1.79 bits per heavy atom. The lowest BCUT2D eigenvalue weighted by molar-refractivity contribution is -0.290. The van der Waals surface area contributed by atoms with Gasteiger partial charge in [0.15, 0.2) is 0 Å². The van der Waals surface area contributed by atoms with E-state index in [0.717, 1.165) is 31.6 Å². The number of hydrogen-bond acceptors (Lipinski definition) is 4. The van der Waals surface area contributed by atoms with Gasteiger partial charge in [-0.05, 0) is 98.7 Å². The van der Waals surface area contributed by atoms with Crippen molar-refractivity contribution in [3.05, 3.63) is 12.2 Å². The Bertz CT molecular complexity index is 720. The van der Waals surface area contributed by atoms with Crippen LogP contribution in [-0.4, -0.2) is 46.8 Å². The molecular weight excluding hydrogens is 412 g/mol. The van der Waals surface area contributed by atoms with Crippen molar-refractivity contribution in [2.24, 2.45) is 46.3 Å². The zero-order valence-electron chi connectivity index (χ0n) is 21.9. The van der Waals surface area contributed by atoms with Crippen LogP contribution in [0.4, 0.5) is 0 Å². The number of methoxy groups -OCH3 is 1. The number of hydrogen-bond donors (Lipinski definition) is 3. The van der Waals surface area contributed by atoms with Crippen LogP contribution in [0.5, 0.6) is 0 Å². The van der Waals surface area contributed by atoms with Crippen molar-refractivity contribution >= 4 is 0 Å². The van der Waals surface area contributed by atoms with Crippen LogP contribution >= 0.6 is 0 Å². The second kappa shape index (κ2) is 9.22. The van der Waals surface area contributed by atoms with Gasteiger partial charge >= 0.3 is 0 Å². The molecule has 10 unspecified atom stereocenters. The van der Waals surface area contributed by atoms with Crippen molar-refractivity contribution in [3.63, 3.8) is 0 Å². The van der Waals surface area contributed by atoms with E-state index in [1.165, 1.54) is 31.3 Å². The summed E-state index contributed by atoms with van der Waals surface area (Å²) in [5, 5.41) is 32.9. The highest BCUT2D eigenvalue weighted by Gasteiger charge is 2.69. The topological polar surface area (TPSA) is 69.9 Å². The maximum Gasteiger partial charge on any atom is 0.104 e. The maximum absolute atomic E-state index is 11.5. The minimum Gasteiger partial charge on any atom is -0.396 e. The molecule has 4 aliphatic rings. The lowest BCUT2D eigenvalue weighted by Crippen LogP contribution is -2.71. The summed E-state index contributed by atoms with van der Waals surface area (Å²) in [6.45, 7) is 13.9. The van der Waals surface area contributed by atoms with Crippen molar-refractivity contribution < 1.29 is 20.1 Å². The SMILES string of the molecule is C=C(CCC(C)C1CCC2C3CC(O)C4(OC)CC(O)CCC4(CO)C3CCC12C)C(C)C. The molecule has 0 bridgehead atoms. The fourth-order valence-corrected chi connectivity index (χ4v) is 9.64. The Morgan fingerprint density at radius 1 is 1.06 bits per heavy atom. The molecule has 0 radical (unpaired) electrons. The van der Waals surface area contributed by atoms with E-state index in [-0.39, 0.29) is 6.61 Å². The molecule has 3 N–H and O–H groups in total. The highest BCUT2D eigenvalue weighted by atomic mass is 16.5. The highest BCUT2D eigenvalue weighted by molar-refractivity contribution is 5.19. The molecule has 4 fully saturated rings. The first kappa shape index (κ1) is 25.7. The van der Waals surface area contributed by atoms with Gasteiger partial charge in [-0.2, -0.15) is 0 Å². The van der Waals surface area contributed by atoms with E-state index in [9.17, 15) is 15.3 Å². The number of rotatable bonds is 7. The molecule has 4 heteroatoms. The Hall–Kier alpha value is -0.420. The second-order valence-corrected chi connectivity index (χ2v) is 13.0. The Labute approximate surface area is 202 Å². The number of ether oxygens (including phenoxy) is 1. The van der Waals surface area contributed by atoms with Crippen molar-refractivity contribution in [3.8, 4) is 0 Å². The zero-order chi connectivity index (χ0) is 24.2. The monoisotopic (exact) mass is 462 g/mol. The third-order valence-electron chi connectivity index (χ3n) is 11.6. The van der Waals surface area contributed by atoms with E-state index < -0.39 is 23.2 Å². The van der Waals surface area contributed by atoms with Gasteiger partial charge in [0.1, 0.15) is 5.60 Å². The molecule has 0 aromatic rings. The molecule has 10 atom stereocenters. The Morgan fingerprint density at radius 3 is 2.42 bits per heavy atom. The van der Waals surface area contributed by atoms with Gasteiger partial charge < -0.3 is 20.1 Å². The summed E-state index contributed by atoms with van der Waals surface area (Å²) in [5.74, 6) is 3.39. The van der Waals surface area contributed by atoms with Gasteiger partial charge in [-0.1, -0.05) is 39.8 Å². The first-order chi connectivity index (χ1) is 15.6. The van der Waals surface area contributed by atoms with E-state index in [4.69, 9.17) is 4.74 Å². The minimum absolute atomic E-state index is 0.0480. The van der Waals surface area contributed by atoms with Gasteiger partial charge in [0, 0.05) is 18.9 Å². The average molecular weight is 463 g/mol. The van der Waals surface area contributed by atoms with Crippen molar-refractivity contribution in [1.82, 2.24) is 0 Å². The normalized spacial score (nSPS) is 48.2. The quantitative estimate of drug-likeness (QED) is 0.446. The fourth-order valence-electron chi connectivity index (χ4n) is 9.64. The van der Waals surface area contributed by atoms with Crippen molar-refractivity contribution in [1.29, 1.82) is 0 Å². The third kappa shape index (κ3) is 3.77. The van der Waals surface area contributed by atoms with Crippen molar-refractivity contribution in [2.45, 2.75) is 110 Å². The van der Waals surface area contributed by atoms with Crippen LogP contribution in [0, 0.1) is 46.3 Å². The minimum atomic E-state index is -0.823. The van der Waals surface area contributed by atoms with Crippen LogP contribution in [-0.2, 0) is 4.74 Å². The molecule has 0 aromatic carbocycles. The summed E-state index contributed by atoms with van der Waals surface area (Å²) in [5.41, 5.74) is 0.429. The van der Waals surface area contributed by atoms with E-state index in [1.54, 1.807) is 7.11 Å². The molecule has 0 heterocycles. The van der Waals surface area contributed by atoms with E-state index in [0.29, 0.717) is 47.8 Å². The largest absolute Gasteiger partial charge is 0.396 e. The standard InChI is InChI=1S/C29H50O4/c1-18(2)19(3)7-8-20(4)23-9-10-24-22-15-26(32)29(33-6)16-21(31)11-14-28(29,17-30)25(22)12-13-27(23,24)5/h18,20-26,30-32H,3,7-17H2,1-2,4-6H3. The molecule has 4 nitrogen and oxygen atoms in total. The average Bonchev–Trinajstić information content (AvgIpc) is 3.14. The molecule has 33 heavy (non-hydrogen) atoms. The van der Waals surface area contributed by atoms with Crippen LogP contribution in [0.3, 0.4) is 0 Å². The second-order valence-electron chi connectivity index (χ2n) is 13.0. The molecule has 190 valence electrons. The number of aliphatic hydroxyl groups excluding tert-OH is 3. The molecule has 4 aliphatic carbocycles. The molecule has 0 aliphatic heterocycles. The van der Waals surface area contributed by atoms with Gasteiger partial charge in [0.25, 0.3) is 0 Å². The van der Waals surface area contributed by atoms with Gasteiger partial charge in [0.05, 0.1) is 18.8 Å².